The van der Waals surface area contributed by atoms with Gasteiger partial charge in [0.1, 0.15) is 0 Å². The average Bonchev–Trinajstić information content (AvgIpc) is 2.48. The highest BCUT2D eigenvalue weighted by Gasteiger charge is 2.35. The molecule has 0 N–H and O–H groups in total. The Morgan fingerprint density at radius 2 is 1.95 bits per heavy atom. The number of carbonyl (C=O) groups is 1. The van der Waals surface area contributed by atoms with Gasteiger partial charge in [-0.2, -0.15) is 9.57 Å². The first kappa shape index (κ1) is 15.7. The summed E-state index contributed by atoms with van der Waals surface area (Å²) in [6.07, 6.45) is 1.05. The van der Waals surface area contributed by atoms with Gasteiger partial charge in [0.25, 0.3) is 0 Å². The van der Waals surface area contributed by atoms with Crippen molar-refractivity contribution in [1.29, 1.82) is 5.26 Å². The van der Waals surface area contributed by atoms with Crippen molar-refractivity contribution in [3.05, 3.63) is 29.8 Å². The maximum atomic E-state index is 12.6. The molecule has 0 atom stereocenters. The van der Waals surface area contributed by atoms with E-state index in [0.717, 1.165) is 0 Å². The molecule has 0 saturated carbocycles. The molecule has 0 bridgehead atoms. The lowest BCUT2D eigenvalue weighted by Crippen LogP contribution is -2.41. The molecule has 6 heteroatoms. The molecular weight excluding hydrogens is 288 g/mol. The third kappa shape index (κ3) is 3.14. The zero-order chi connectivity index (χ0) is 15.7. The van der Waals surface area contributed by atoms with Gasteiger partial charge in [0, 0.05) is 18.7 Å². The Kier molecular flexibility index (Phi) is 4.17. The lowest BCUT2D eigenvalue weighted by molar-refractivity contribution is 0.101. The molecule has 21 heavy (non-hydrogen) atoms. The van der Waals surface area contributed by atoms with E-state index in [4.69, 9.17) is 5.26 Å². The number of hydrogen-bond donors (Lipinski definition) is 0. The molecule has 0 aromatic heterocycles. The lowest BCUT2D eigenvalue weighted by atomic mass is 9.83. The van der Waals surface area contributed by atoms with Gasteiger partial charge in [-0.15, -0.1) is 0 Å². The van der Waals surface area contributed by atoms with Crippen molar-refractivity contribution in [1.82, 2.24) is 4.31 Å². The van der Waals surface area contributed by atoms with Crippen LogP contribution in [0.4, 0.5) is 0 Å². The monoisotopic (exact) mass is 306 g/mol. The second kappa shape index (κ2) is 5.58. The molecule has 5 nitrogen and oxygen atoms in total. The molecule has 2 rings (SSSR count). The van der Waals surface area contributed by atoms with E-state index in [1.807, 2.05) is 6.92 Å². The number of carbonyl (C=O) groups excluding carboxylic acids is 1. The quantitative estimate of drug-likeness (QED) is 0.802. The second-order valence-electron chi connectivity index (χ2n) is 5.66. The van der Waals surface area contributed by atoms with Crippen molar-refractivity contribution >= 4 is 15.8 Å². The van der Waals surface area contributed by atoms with Crippen molar-refractivity contribution < 1.29 is 13.2 Å². The highest BCUT2D eigenvalue weighted by molar-refractivity contribution is 7.89. The fraction of sp³-hybridized carbons (Fsp3) is 0.467. The minimum atomic E-state index is -3.60. The molecule has 112 valence electrons. The summed E-state index contributed by atoms with van der Waals surface area (Å²) in [6.45, 7) is 3.92. The summed E-state index contributed by atoms with van der Waals surface area (Å²) in [6, 6.07) is 8.34. The Labute approximate surface area is 125 Å². The van der Waals surface area contributed by atoms with Crippen molar-refractivity contribution in [2.45, 2.75) is 31.6 Å². The molecule has 0 aliphatic carbocycles. The summed E-state index contributed by atoms with van der Waals surface area (Å²) in [5, 5.41) is 9.10. The fourth-order valence-corrected chi connectivity index (χ4v) is 3.84. The number of nitriles is 1. The van der Waals surface area contributed by atoms with E-state index < -0.39 is 15.4 Å². The van der Waals surface area contributed by atoms with Crippen molar-refractivity contribution in [3.8, 4) is 6.07 Å². The van der Waals surface area contributed by atoms with E-state index in [9.17, 15) is 13.2 Å². The van der Waals surface area contributed by atoms with E-state index in [1.165, 1.54) is 23.4 Å². The Bertz CT molecular complexity index is 696. The predicted octanol–water partition coefficient (Wildman–Crippen LogP) is 2.20. The highest BCUT2D eigenvalue weighted by atomic mass is 32.2. The number of piperidine rings is 1. The number of hydrogen-bond acceptors (Lipinski definition) is 4. The minimum Gasteiger partial charge on any atom is -0.295 e. The zero-order valence-corrected chi connectivity index (χ0v) is 13.0. The van der Waals surface area contributed by atoms with E-state index in [0.29, 0.717) is 31.5 Å². The number of rotatable bonds is 3. The Morgan fingerprint density at radius 3 is 2.48 bits per heavy atom. The van der Waals surface area contributed by atoms with Crippen LogP contribution in [0.1, 0.15) is 37.0 Å². The molecule has 1 heterocycles. The van der Waals surface area contributed by atoms with Crippen LogP contribution in [0.25, 0.3) is 0 Å². The third-order valence-electron chi connectivity index (χ3n) is 3.97. The molecule has 0 unspecified atom stereocenters. The van der Waals surface area contributed by atoms with Crippen LogP contribution < -0.4 is 0 Å². The fourth-order valence-electron chi connectivity index (χ4n) is 2.36. The summed E-state index contributed by atoms with van der Waals surface area (Å²) in [5.41, 5.74) is -0.0669. The summed E-state index contributed by atoms with van der Waals surface area (Å²) in [4.78, 5) is 11.5. The van der Waals surface area contributed by atoms with E-state index >= 15 is 0 Å². The van der Waals surface area contributed by atoms with Gasteiger partial charge in [-0.05, 0) is 38.8 Å². The smallest absolute Gasteiger partial charge is 0.243 e. The van der Waals surface area contributed by atoms with Gasteiger partial charge in [0.05, 0.1) is 16.4 Å². The average molecular weight is 306 g/mol. The molecule has 1 saturated heterocycles. The molecule has 1 fully saturated rings. The molecule has 1 aromatic carbocycles. The largest absolute Gasteiger partial charge is 0.295 e. The van der Waals surface area contributed by atoms with E-state index in [1.54, 1.807) is 12.1 Å². The Morgan fingerprint density at radius 1 is 1.33 bits per heavy atom. The standard InChI is InChI=1S/C15H18N2O3S/c1-12(18)13-4-3-5-14(10-13)21(19,20)17-8-6-15(2,11-16)7-9-17/h3-5,10H,6-9H2,1-2H3. The van der Waals surface area contributed by atoms with Crippen LogP contribution in [-0.2, 0) is 10.0 Å². The number of ketones is 1. The zero-order valence-electron chi connectivity index (χ0n) is 12.2. The van der Waals surface area contributed by atoms with Crippen LogP contribution in [0.15, 0.2) is 29.2 Å². The van der Waals surface area contributed by atoms with Gasteiger partial charge in [0.15, 0.2) is 5.78 Å². The summed E-state index contributed by atoms with van der Waals surface area (Å²) in [5.74, 6) is -0.164. The Balaban J connectivity index is 2.26. The van der Waals surface area contributed by atoms with Crippen molar-refractivity contribution in [2.24, 2.45) is 5.41 Å². The molecule has 0 spiro atoms. The van der Waals surface area contributed by atoms with Crippen LogP contribution >= 0.6 is 0 Å². The van der Waals surface area contributed by atoms with Crippen LogP contribution in [0, 0.1) is 16.7 Å². The first-order chi connectivity index (χ1) is 9.78. The summed E-state index contributed by atoms with van der Waals surface area (Å²) >= 11 is 0. The Hall–Kier alpha value is -1.71. The normalized spacial score (nSPS) is 18.9. The number of nitrogens with zero attached hydrogens (tertiary/aromatic N) is 2. The number of benzene rings is 1. The van der Waals surface area contributed by atoms with Crippen LogP contribution in [0.5, 0.6) is 0 Å². The van der Waals surface area contributed by atoms with Gasteiger partial charge in [-0.3, -0.25) is 4.79 Å². The number of sulfonamides is 1. The lowest BCUT2D eigenvalue weighted by Gasteiger charge is -2.34. The van der Waals surface area contributed by atoms with Crippen LogP contribution in [0.3, 0.4) is 0 Å². The first-order valence-corrected chi connectivity index (χ1v) is 8.25. The number of Topliss-reactive ketones (excluding diaryl/α,β-unsaturated/α-hetero) is 1. The second-order valence-corrected chi connectivity index (χ2v) is 7.60. The predicted molar refractivity (Wildman–Crippen MR) is 78.2 cm³/mol. The van der Waals surface area contributed by atoms with Crippen LogP contribution in [0.2, 0.25) is 0 Å². The maximum Gasteiger partial charge on any atom is 0.243 e. The molecular formula is C15H18N2O3S. The molecule has 0 amide bonds. The van der Waals surface area contributed by atoms with Gasteiger partial charge in [0.2, 0.25) is 10.0 Å². The topological polar surface area (TPSA) is 78.2 Å². The first-order valence-electron chi connectivity index (χ1n) is 6.81. The SMILES string of the molecule is CC(=O)c1cccc(S(=O)(=O)N2CCC(C)(C#N)CC2)c1. The highest BCUT2D eigenvalue weighted by Crippen LogP contribution is 2.32. The molecule has 1 aliphatic heterocycles. The molecule has 1 aromatic rings. The third-order valence-corrected chi connectivity index (χ3v) is 5.87. The molecule has 1 aliphatic rings. The van der Waals surface area contributed by atoms with Gasteiger partial charge < -0.3 is 0 Å². The van der Waals surface area contributed by atoms with Crippen molar-refractivity contribution in [2.75, 3.05) is 13.1 Å². The summed E-state index contributed by atoms with van der Waals surface area (Å²) in [7, 11) is -3.60. The maximum absolute atomic E-state index is 12.6. The summed E-state index contributed by atoms with van der Waals surface area (Å²) < 4.78 is 26.6. The van der Waals surface area contributed by atoms with E-state index in [-0.39, 0.29) is 10.7 Å². The molecule has 0 radical (unpaired) electrons. The van der Waals surface area contributed by atoms with E-state index in [2.05, 4.69) is 6.07 Å². The van der Waals surface area contributed by atoms with Gasteiger partial charge >= 0.3 is 0 Å². The van der Waals surface area contributed by atoms with Crippen LogP contribution in [-0.4, -0.2) is 31.6 Å². The minimum absolute atomic E-state index is 0.135. The van der Waals surface area contributed by atoms with Gasteiger partial charge in [-0.25, -0.2) is 8.42 Å². The van der Waals surface area contributed by atoms with Crippen molar-refractivity contribution in [3.63, 3.8) is 0 Å². The van der Waals surface area contributed by atoms with Gasteiger partial charge in [-0.1, -0.05) is 12.1 Å².